The highest BCUT2D eigenvalue weighted by atomic mass is 35.5. The zero-order chi connectivity index (χ0) is 13.3. The van der Waals surface area contributed by atoms with Crippen LogP contribution in [0.5, 0.6) is 0 Å². The largest absolute Gasteiger partial charge is 0.399 e. The van der Waals surface area contributed by atoms with Gasteiger partial charge in [0.1, 0.15) is 0 Å². The lowest BCUT2D eigenvalue weighted by Gasteiger charge is -2.18. The molecule has 2 aromatic rings. The molecular formula is C12H16ClN5. The summed E-state index contributed by atoms with van der Waals surface area (Å²) in [5.74, 6) is 0.662. The van der Waals surface area contributed by atoms with Crippen molar-refractivity contribution in [3.8, 4) is 11.4 Å². The summed E-state index contributed by atoms with van der Waals surface area (Å²) < 4.78 is 1.76. The Balaban J connectivity index is 2.42. The Labute approximate surface area is 111 Å². The topological polar surface area (TPSA) is 69.6 Å². The van der Waals surface area contributed by atoms with E-state index in [1.807, 2.05) is 6.07 Å². The van der Waals surface area contributed by atoms with Crippen molar-refractivity contribution in [1.29, 1.82) is 0 Å². The van der Waals surface area contributed by atoms with Crippen molar-refractivity contribution in [1.82, 2.24) is 20.2 Å². The Morgan fingerprint density at radius 2 is 2.06 bits per heavy atom. The van der Waals surface area contributed by atoms with Crippen LogP contribution in [0, 0.1) is 5.41 Å². The molecule has 0 aliphatic heterocycles. The van der Waals surface area contributed by atoms with E-state index in [2.05, 4.69) is 36.3 Å². The van der Waals surface area contributed by atoms with Gasteiger partial charge in [-0.1, -0.05) is 32.4 Å². The molecule has 6 heteroatoms. The molecule has 0 amide bonds. The second-order valence-electron chi connectivity index (χ2n) is 5.46. The summed E-state index contributed by atoms with van der Waals surface area (Å²) in [7, 11) is 0. The molecule has 2 rings (SSSR count). The first kappa shape index (κ1) is 12.8. The lowest BCUT2D eigenvalue weighted by atomic mass is 9.97. The minimum absolute atomic E-state index is 0.0877. The number of halogens is 1. The molecule has 0 unspecified atom stereocenters. The first-order valence-electron chi connectivity index (χ1n) is 5.68. The van der Waals surface area contributed by atoms with E-state index in [1.54, 1.807) is 16.8 Å². The Morgan fingerprint density at radius 3 is 2.67 bits per heavy atom. The van der Waals surface area contributed by atoms with Crippen molar-refractivity contribution in [3.63, 3.8) is 0 Å². The summed E-state index contributed by atoms with van der Waals surface area (Å²) in [4.78, 5) is 0. The van der Waals surface area contributed by atoms with Crippen molar-refractivity contribution in [3.05, 3.63) is 23.2 Å². The number of anilines is 1. The van der Waals surface area contributed by atoms with E-state index in [4.69, 9.17) is 17.3 Å². The van der Waals surface area contributed by atoms with Gasteiger partial charge in [0.2, 0.25) is 0 Å². The molecule has 2 N–H and O–H groups in total. The molecule has 18 heavy (non-hydrogen) atoms. The third kappa shape index (κ3) is 2.79. The van der Waals surface area contributed by atoms with Crippen LogP contribution in [0.1, 0.15) is 20.8 Å². The fourth-order valence-electron chi connectivity index (χ4n) is 1.67. The number of nitrogens with zero attached hydrogens (tertiary/aromatic N) is 4. The van der Waals surface area contributed by atoms with E-state index in [0.29, 0.717) is 16.5 Å². The van der Waals surface area contributed by atoms with E-state index in [9.17, 15) is 0 Å². The summed E-state index contributed by atoms with van der Waals surface area (Å²) >= 11 is 6.18. The van der Waals surface area contributed by atoms with Gasteiger partial charge in [0, 0.05) is 17.8 Å². The molecule has 0 radical (unpaired) electrons. The molecule has 0 saturated carbocycles. The van der Waals surface area contributed by atoms with Gasteiger partial charge in [-0.05, 0) is 34.0 Å². The highest BCUT2D eigenvalue weighted by Gasteiger charge is 2.18. The van der Waals surface area contributed by atoms with Crippen molar-refractivity contribution < 1.29 is 0 Å². The molecule has 0 atom stereocenters. The molecule has 0 fully saturated rings. The standard InChI is InChI=1S/C12H16ClN5/c1-12(2,3)7-18-11(15-16-17-18)9-5-4-8(14)6-10(9)13/h4-6H,7,14H2,1-3H3. The van der Waals surface area contributed by atoms with Crippen LogP contribution >= 0.6 is 11.6 Å². The van der Waals surface area contributed by atoms with Gasteiger partial charge in [-0.15, -0.1) is 5.10 Å². The minimum Gasteiger partial charge on any atom is -0.399 e. The summed E-state index contributed by atoms with van der Waals surface area (Å²) in [5.41, 5.74) is 7.18. The first-order valence-corrected chi connectivity index (χ1v) is 6.06. The van der Waals surface area contributed by atoms with Gasteiger partial charge in [-0.2, -0.15) is 0 Å². The number of nitrogen functional groups attached to an aromatic ring is 1. The molecule has 0 spiro atoms. The lowest BCUT2D eigenvalue weighted by molar-refractivity contribution is 0.323. The molecule has 1 aromatic heterocycles. The molecule has 1 heterocycles. The second kappa shape index (κ2) is 4.57. The quantitative estimate of drug-likeness (QED) is 0.848. The van der Waals surface area contributed by atoms with Crippen LogP contribution in [0.15, 0.2) is 18.2 Å². The number of aromatic nitrogens is 4. The van der Waals surface area contributed by atoms with Crippen LogP contribution in [0.25, 0.3) is 11.4 Å². The van der Waals surface area contributed by atoms with Crippen molar-refractivity contribution in [2.45, 2.75) is 27.3 Å². The van der Waals surface area contributed by atoms with E-state index < -0.39 is 0 Å². The van der Waals surface area contributed by atoms with Crippen LogP contribution in [-0.4, -0.2) is 20.2 Å². The van der Waals surface area contributed by atoms with E-state index in [0.717, 1.165) is 12.1 Å². The van der Waals surface area contributed by atoms with Crippen molar-refractivity contribution >= 4 is 17.3 Å². The number of hydrogen-bond acceptors (Lipinski definition) is 4. The maximum Gasteiger partial charge on any atom is 0.183 e. The number of rotatable bonds is 2. The monoisotopic (exact) mass is 265 g/mol. The van der Waals surface area contributed by atoms with Crippen LogP contribution in [-0.2, 0) is 6.54 Å². The molecule has 5 nitrogen and oxygen atoms in total. The Morgan fingerprint density at radius 1 is 1.33 bits per heavy atom. The van der Waals surface area contributed by atoms with Gasteiger partial charge in [-0.3, -0.25) is 0 Å². The first-order chi connectivity index (χ1) is 8.37. The summed E-state index contributed by atoms with van der Waals surface area (Å²) in [6.07, 6.45) is 0. The second-order valence-corrected chi connectivity index (χ2v) is 5.87. The molecule has 0 aliphatic rings. The number of tetrazole rings is 1. The van der Waals surface area contributed by atoms with Crippen LogP contribution in [0.4, 0.5) is 5.69 Å². The Kier molecular flexibility index (Phi) is 3.26. The van der Waals surface area contributed by atoms with Gasteiger partial charge in [0.25, 0.3) is 0 Å². The zero-order valence-corrected chi connectivity index (χ0v) is 11.4. The fourth-order valence-corrected chi connectivity index (χ4v) is 1.94. The van der Waals surface area contributed by atoms with Crippen LogP contribution in [0.2, 0.25) is 5.02 Å². The normalized spacial score (nSPS) is 11.8. The molecule has 1 aromatic carbocycles. The van der Waals surface area contributed by atoms with Crippen LogP contribution < -0.4 is 5.73 Å². The average Bonchev–Trinajstić information content (AvgIpc) is 2.63. The highest BCUT2D eigenvalue weighted by Crippen LogP contribution is 2.28. The van der Waals surface area contributed by atoms with Gasteiger partial charge < -0.3 is 5.73 Å². The van der Waals surface area contributed by atoms with E-state index in [-0.39, 0.29) is 5.41 Å². The highest BCUT2D eigenvalue weighted by molar-refractivity contribution is 6.33. The van der Waals surface area contributed by atoms with Crippen LogP contribution in [0.3, 0.4) is 0 Å². The Hall–Kier alpha value is -1.62. The third-order valence-electron chi connectivity index (χ3n) is 2.39. The summed E-state index contributed by atoms with van der Waals surface area (Å²) in [6, 6.07) is 5.33. The van der Waals surface area contributed by atoms with Gasteiger partial charge in [0.05, 0.1) is 5.02 Å². The van der Waals surface area contributed by atoms with Crippen molar-refractivity contribution in [2.24, 2.45) is 5.41 Å². The number of nitrogens with two attached hydrogens (primary N) is 1. The van der Waals surface area contributed by atoms with E-state index in [1.165, 1.54) is 0 Å². The molecule has 0 aliphatic carbocycles. The molecule has 0 saturated heterocycles. The van der Waals surface area contributed by atoms with E-state index >= 15 is 0 Å². The minimum atomic E-state index is 0.0877. The van der Waals surface area contributed by atoms with Crippen molar-refractivity contribution in [2.75, 3.05) is 5.73 Å². The predicted molar refractivity (Wildman–Crippen MR) is 72.1 cm³/mol. The predicted octanol–water partition coefficient (Wildman–Crippen LogP) is 2.62. The SMILES string of the molecule is CC(C)(C)Cn1nnnc1-c1ccc(N)cc1Cl. The smallest absolute Gasteiger partial charge is 0.183 e. The molecule has 96 valence electrons. The summed E-state index contributed by atoms with van der Waals surface area (Å²) in [6.45, 7) is 7.10. The maximum atomic E-state index is 6.18. The zero-order valence-electron chi connectivity index (χ0n) is 10.7. The molecular weight excluding hydrogens is 250 g/mol. The fraction of sp³-hybridized carbons (Fsp3) is 0.417. The number of hydrogen-bond donors (Lipinski definition) is 1. The van der Waals surface area contributed by atoms with Gasteiger partial charge >= 0.3 is 0 Å². The average molecular weight is 266 g/mol. The summed E-state index contributed by atoms with van der Waals surface area (Å²) in [5, 5.41) is 12.3. The lowest BCUT2D eigenvalue weighted by Crippen LogP contribution is -2.17. The molecule has 0 bridgehead atoms. The number of benzene rings is 1. The van der Waals surface area contributed by atoms with Gasteiger partial charge in [0.15, 0.2) is 5.82 Å². The third-order valence-corrected chi connectivity index (χ3v) is 2.70. The maximum absolute atomic E-state index is 6.18. The van der Waals surface area contributed by atoms with Gasteiger partial charge in [-0.25, -0.2) is 4.68 Å². The Bertz CT molecular complexity index is 556.